The van der Waals surface area contributed by atoms with Gasteiger partial charge < -0.3 is 5.41 Å². The normalized spacial score (nSPS) is 5.60. The number of hydrogen-bond donors (Lipinski definition) is 5. The van der Waals surface area contributed by atoms with Gasteiger partial charge >= 0.3 is 16.5 Å². The second kappa shape index (κ2) is 15.9. The Morgan fingerprint density at radius 3 is 0.900 bits per heavy atom. The van der Waals surface area contributed by atoms with Gasteiger partial charge in [-0.3, -0.25) is 0 Å². The predicted octanol–water partition coefficient (Wildman–Crippen LogP) is -0.477. The number of hydrogen-bond acceptors (Lipinski definition) is 3. The van der Waals surface area contributed by atoms with Crippen LogP contribution in [0.2, 0.25) is 0 Å². The summed E-state index contributed by atoms with van der Waals surface area (Å²) in [4.78, 5) is 28.5. The van der Waals surface area contributed by atoms with Crippen LogP contribution in [0.4, 0.5) is 0 Å². The van der Waals surface area contributed by atoms with E-state index in [9.17, 15) is 0 Å². The van der Waals surface area contributed by atoms with Crippen LogP contribution in [0.15, 0.2) is 0 Å². The van der Waals surface area contributed by atoms with Gasteiger partial charge in [-0.1, -0.05) is 0 Å². The Hall–Kier alpha value is -0.290. The molecule has 0 atom stereocenters. The van der Waals surface area contributed by atoms with E-state index >= 15 is 0 Å². The van der Waals surface area contributed by atoms with Crippen LogP contribution in [0.1, 0.15) is 0 Å². The van der Waals surface area contributed by atoms with Crippen molar-refractivity contribution in [1.29, 1.82) is 5.41 Å². The van der Waals surface area contributed by atoms with Crippen LogP contribution in [0.3, 0.4) is 0 Å². The first-order chi connectivity index (χ1) is 4.46. The van der Waals surface area contributed by atoms with Gasteiger partial charge in [0.25, 0.3) is 0 Å². The molecule has 0 amide bonds. The molecule has 0 aromatic heterocycles. The Labute approximate surface area is 58.4 Å². The van der Waals surface area contributed by atoms with E-state index in [1.54, 1.807) is 0 Å². The van der Waals surface area contributed by atoms with E-state index in [1.165, 1.54) is 0 Å². The molecule has 0 bridgehead atoms. The smallest absolute Gasteiger partial charge is 0.317 e. The highest BCUT2D eigenvalue weighted by atomic mass is 31.1. The second-order valence-electron chi connectivity index (χ2n) is 0.505. The maximum Gasteiger partial charge on any atom is 0.692 e. The minimum Gasteiger partial charge on any atom is -0.317 e. The Balaban J connectivity index is -0.0000000787. The van der Waals surface area contributed by atoms with Crippen molar-refractivity contribution in [3.8, 4) is 0 Å². The van der Waals surface area contributed by atoms with Crippen molar-refractivity contribution in [2.45, 2.75) is 0 Å². The van der Waals surface area contributed by atoms with E-state index in [2.05, 4.69) is 6.72 Å². The highest BCUT2D eigenvalue weighted by Gasteiger charge is 1.93. The zero-order valence-electron chi connectivity index (χ0n) is 4.71. The first kappa shape index (κ1) is 16.4. The Kier molecular flexibility index (Phi) is 26.0. The summed E-state index contributed by atoms with van der Waals surface area (Å²) in [7, 11) is -5.74. The molecule has 0 aliphatic heterocycles. The van der Waals surface area contributed by atoms with Gasteiger partial charge in [-0.25, -0.2) is 0 Å². The van der Waals surface area contributed by atoms with Gasteiger partial charge in [0, 0.05) is 9.13 Å². The number of rotatable bonds is 0. The Morgan fingerprint density at radius 1 is 0.900 bits per heavy atom. The summed E-state index contributed by atoms with van der Waals surface area (Å²) in [5.41, 5.74) is 0. The fourth-order valence-electron chi connectivity index (χ4n) is 0. The maximum atomic E-state index is 8.70. The SMILES string of the molecule is C=N.O=[P+](O)O.O=[P+](O)O. The lowest BCUT2D eigenvalue weighted by Gasteiger charge is -1.34. The summed E-state index contributed by atoms with van der Waals surface area (Å²) >= 11 is 0. The third kappa shape index (κ3) is 4130. The van der Waals surface area contributed by atoms with E-state index in [0.717, 1.165) is 0 Å². The van der Waals surface area contributed by atoms with Crippen LogP contribution in [-0.2, 0) is 9.13 Å². The van der Waals surface area contributed by atoms with Crippen molar-refractivity contribution in [2.24, 2.45) is 0 Å². The fourth-order valence-corrected chi connectivity index (χ4v) is 0. The molecule has 5 N–H and O–H groups in total. The monoisotopic (exact) mass is 191 g/mol. The molecule has 0 radical (unpaired) electrons. The summed E-state index contributed by atoms with van der Waals surface area (Å²) < 4.78 is 17.4. The molecule has 0 rings (SSSR count). The van der Waals surface area contributed by atoms with Crippen molar-refractivity contribution in [2.75, 3.05) is 0 Å². The molecule has 9 heteroatoms. The fraction of sp³-hybridized carbons (Fsp3) is 0. The Morgan fingerprint density at radius 2 is 0.900 bits per heavy atom. The van der Waals surface area contributed by atoms with Crippen molar-refractivity contribution in [3.63, 3.8) is 0 Å². The molecular formula is CH7NO6P2+2. The summed E-state index contributed by atoms with van der Waals surface area (Å²) in [6, 6.07) is 0. The van der Waals surface area contributed by atoms with Gasteiger partial charge in [-0.05, 0) is 6.72 Å². The van der Waals surface area contributed by atoms with Gasteiger partial charge in [-0.15, -0.1) is 19.6 Å². The van der Waals surface area contributed by atoms with E-state index in [1.807, 2.05) is 0 Å². The topological polar surface area (TPSA) is 139 Å². The molecule has 0 fully saturated rings. The highest BCUT2D eigenvalue weighted by molar-refractivity contribution is 7.31. The lowest BCUT2D eigenvalue weighted by molar-refractivity contribution is 0.403. The minimum atomic E-state index is -2.87. The molecule has 0 unspecified atom stereocenters. The van der Waals surface area contributed by atoms with E-state index in [0.29, 0.717) is 0 Å². The van der Waals surface area contributed by atoms with E-state index in [-0.39, 0.29) is 0 Å². The summed E-state index contributed by atoms with van der Waals surface area (Å²) in [5, 5.41) is 5.50. The van der Waals surface area contributed by atoms with E-state index in [4.69, 9.17) is 34.1 Å². The first-order valence-electron chi connectivity index (χ1n) is 1.52. The molecular weight excluding hydrogens is 184 g/mol. The quantitative estimate of drug-likeness (QED) is 0.259. The van der Waals surface area contributed by atoms with Gasteiger partial charge in [0.1, 0.15) is 0 Å². The average Bonchev–Trinajstić information content (AvgIpc) is 1.66. The van der Waals surface area contributed by atoms with Gasteiger partial charge in [0.15, 0.2) is 0 Å². The van der Waals surface area contributed by atoms with Crippen LogP contribution in [0.25, 0.3) is 0 Å². The van der Waals surface area contributed by atoms with Crippen LogP contribution in [0.5, 0.6) is 0 Å². The molecule has 60 valence electrons. The molecule has 10 heavy (non-hydrogen) atoms. The van der Waals surface area contributed by atoms with Crippen molar-refractivity contribution >= 4 is 23.2 Å². The molecule has 0 heterocycles. The molecule has 7 nitrogen and oxygen atoms in total. The summed E-state index contributed by atoms with van der Waals surface area (Å²) in [6.07, 6.45) is 0. The highest BCUT2D eigenvalue weighted by Crippen LogP contribution is 1.98. The average molecular weight is 191 g/mol. The summed E-state index contributed by atoms with van der Waals surface area (Å²) in [5.74, 6) is 0. The molecule has 0 aliphatic carbocycles. The standard InChI is InChI=1S/CH3N.2HO3P/c1-2;2*1-4(2)3/h2H,1H2;2*(H-,1,2,3)/p+2. The molecule has 0 aromatic rings. The molecule has 0 spiro atoms. The van der Waals surface area contributed by atoms with Gasteiger partial charge in [0.05, 0.1) is 0 Å². The zero-order chi connectivity index (χ0) is 9.15. The molecule has 0 saturated carbocycles. The largest absolute Gasteiger partial charge is 0.692 e. The van der Waals surface area contributed by atoms with Crippen molar-refractivity contribution in [3.05, 3.63) is 0 Å². The van der Waals surface area contributed by atoms with Gasteiger partial charge in [0.2, 0.25) is 0 Å². The molecule has 0 aromatic carbocycles. The van der Waals surface area contributed by atoms with Crippen LogP contribution in [0, 0.1) is 5.41 Å². The van der Waals surface area contributed by atoms with Crippen molar-refractivity contribution < 1.29 is 28.7 Å². The Bertz CT molecular complexity index is 83.9. The van der Waals surface area contributed by atoms with Crippen molar-refractivity contribution in [1.82, 2.24) is 0 Å². The maximum absolute atomic E-state index is 8.70. The summed E-state index contributed by atoms with van der Waals surface area (Å²) in [6.45, 7) is 2.50. The van der Waals surface area contributed by atoms with E-state index < -0.39 is 16.5 Å². The number of nitrogens with one attached hydrogen (secondary N) is 1. The van der Waals surface area contributed by atoms with Gasteiger partial charge in [-0.2, -0.15) is 0 Å². The third-order valence-electron chi connectivity index (χ3n) is 0. The molecule has 0 aliphatic rings. The molecule has 0 saturated heterocycles. The first-order valence-corrected chi connectivity index (χ1v) is 3.85. The van der Waals surface area contributed by atoms with Crippen LogP contribution in [-0.4, -0.2) is 26.3 Å². The predicted molar refractivity (Wildman–Crippen MR) is 33.9 cm³/mol. The van der Waals surface area contributed by atoms with Crippen LogP contribution >= 0.6 is 16.5 Å². The minimum absolute atomic E-state index is 2.50. The van der Waals surface area contributed by atoms with Crippen LogP contribution < -0.4 is 0 Å². The second-order valence-corrected chi connectivity index (χ2v) is 1.52. The third-order valence-corrected chi connectivity index (χ3v) is 0. The lowest BCUT2D eigenvalue weighted by Crippen LogP contribution is -1.38. The zero-order valence-corrected chi connectivity index (χ0v) is 6.50. The lowest BCUT2D eigenvalue weighted by atomic mass is 11.8.